The number of piperidine rings is 1. The molecule has 7 nitrogen and oxygen atoms in total. The summed E-state index contributed by atoms with van der Waals surface area (Å²) in [5, 5.41) is 20.5. The molecule has 2 saturated heterocycles. The maximum atomic E-state index is 13.0. The first-order valence-electron chi connectivity index (χ1n) is 10.7. The number of phenols is 1. The van der Waals surface area contributed by atoms with E-state index < -0.39 is 0 Å². The maximum Gasteiger partial charge on any atom is 0.254 e. The maximum absolute atomic E-state index is 13.0. The van der Waals surface area contributed by atoms with Gasteiger partial charge in [-0.25, -0.2) is 0 Å². The minimum absolute atomic E-state index is 0.00128. The molecule has 2 aliphatic heterocycles. The second-order valence-corrected chi connectivity index (χ2v) is 9.60. The highest BCUT2D eigenvalue weighted by molar-refractivity contribution is 5.95. The van der Waals surface area contributed by atoms with Crippen molar-refractivity contribution in [3.63, 3.8) is 0 Å². The lowest BCUT2D eigenvalue weighted by Gasteiger charge is -2.50. The quantitative estimate of drug-likeness (QED) is 0.711. The van der Waals surface area contributed by atoms with Crippen LogP contribution in [0.1, 0.15) is 56.8 Å². The van der Waals surface area contributed by atoms with Crippen molar-refractivity contribution in [1.29, 1.82) is 0 Å². The van der Waals surface area contributed by atoms with E-state index in [2.05, 4.69) is 20.8 Å². The number of aliphatic hydroxyl groups is 1. The van der Waals surface area contributed by atoms with Gasteiger partial charge in [-0.05, 0) is 30.4 Å². The highest BCUT2D eigenvalue weighted by atomic mass is 16.5. The van der Waals surface area contributed by atoms with Crippen LogP contribution in [0.5, 0.6) is 11.5 Å². The van der Waals surface area contributed by atoms with Gasteiger partial charge in [0.15, 0.2) is 0 Å². The van der Waals surface area contributed by atoms with Gasteiger partial charge in [-0.2, -0.15) is 0 Å². The topological polar surface area (TPSA) is 88.5 Å². The zero-order chi connectivity index (χ0) is 21.9. The summed E-state index contributed by atoms with van der Waals surface area (Å²) in [6.07, 6.45) is 2.29. The van der Waals surface area contributed by atoms with Crippen LogP contribution in [-0.2, 0) is 9.47 Å². The Morgan fingerprint density at radius 2 is 1.93 bits per heavy atom. The van der Waals surface area contributed by atoms with E-state index in [0.29, 0.717) is 63.3 Å². The molecular formula is C23H35NO6. The van der Waals surface area contributed by atoms with Crippen molar-refractivity contribution < 1.29 is 29.2 Å². The number of hydrogen-bond donors (Lipinski definition) is 2. The van der Waals surface area contributed by atoms with E-state index in [0.717, 1.165) is 0 Å². The zero-order valence-corrected chi connectivity index (χ0v) is 18.5. The van der Waals surface area contributed by atoms with Gasteiger partial charge in [0, 0.05) is 44.7 Å². The SMILES string of the molecule is COCCOc1cc(O)cc(C(=O)N2CCC3(CC2)C[C@H](O)C[C@H](C(C)(C)C)O3)c1. The smallest absolute Gasteiger partial charge is 0.254 e. The second-order valence-electron chi connectivity index (χ2n) is 9.60. The van der Waals surface area contributed by atoms with Crippen LogP contribution in [0.15, 0.2) is 18.2 Å². The molecule has 3 rings (SSSR count). The summed E-state index contributed by atoms with van der Waals surface area (Å²) in [6.45, 7) is 8.28. The van der Waals surface area contributed by atoms with E-state index in [1.807, 2.05) is 0 Å². The molecule has 0 unspecified atom stereocenters. The molecule has 0 aliphatic carbocycles. The van der Waals surface area contributed by atoms with E-state index >= 15 is 0 Å². The molecular weight excluding hydrogens is 386 g/mol. The molecule has 7 heteroatoms. The Morgan fingerprint density at radius 1 is 1.23 bits per heavy atom. The van der Waals surface area contributed by atoms with Crippen molar-refractivity contribution in [2.24, 2.45) is 5.41 Å². The summed E-state index contributed by atoms with van der Waals surface area (Å²) >= 11 is 0. The first-order chi connectivity index (χ1) is 14.1. The van der Waals surface area contributed by atoms with Gasteiger partial charge in [-0.3, -0.25) is 4.79 Å². The predicted octanol–water partition coefficient (Wildman–Crippen LogP) is 2.98. The number of benzene rings is 1. The van der Waals surface area contributed by atoms with Crippen LogP contribution in [0.3, 0.4) is 0 Å². The average molecular weight is 422 g/mol. The third-order valence-electron chi connectivity index (χ3n) is 6.11. The highest BCUT2D eigenvalue weighted by Gasteiger charge is 2.46. The van der Waals surface area contributed by atoms with Crippen molar-refractivity contribution in [1.82, 2.24) is 4.90 Å². The van der Waals surface area contributed by atoms with Crippen LogP contribution in [0.2, 0.25) is 0 Å². The lowest BCUT2D eigenvalue weighted by molar-refractivity contribution is -0.205. The number of carbonyl (C=O) groups excluding carboxylic acids is 1. The van der Waals surface area contributed by atoms with Gasteiger partial charge in [-0.1, -0.05) is 20.8 Å². The van der Waals surface area contributed by atoms with Crippen molar-refractivity contribution in [2.45, 2.75) is 64.3 Å². The van der Waals surface area contributed by atoms with Crippen LogP contribution in [0.25, 0.3) is 0 Å². The molecule has 2 aliphatic rings. The van der Waals surface area contributed by atoms with Crippen molar-refractivity contribution >= 4 is 5.91 Å². The predicted molar refractivity (Wildman–Crippen MR) is 113 cm³/mol. The molecule has 2 fully saturated rings. The van der Waals surface area contributed by atoms with E-state index in [9.17, 15) is 15.0 Å². The van der Waals surface area contributed by atoms with Crippen molar-refractivity contribution in [3.8, 4) is 11.5 Å². The minimum atomic E-state index is -0.375. The van der Waals surface area contributed by atoms with Crippen molar-refractivity contribution in [3.05, 3.63) is 23.8 Å². The van der Waals surface area contributed by atoms with Gasteiger partial charge >= 0.3 is 0 Å². The fraction of sp³-hybridized carbons (Fsp3) is 0.696. The monoisotopic (exact) mass is 421 g/mol. The van der Waals surface area contributed by atoms with Gasteiger partial charge in [0.1, 0.15) is 18.1 Å². The van der Waals surface area contributed by atoms with Crippen LogP contribution >= 0.6 is 0 Å². The Bertz CT molecular complexity index is 736. The van der Waals surface area contributed by atoms with Crippen LogP contribution in [0.4, 0.5) is 0 Å². The molecule has 1 amide bonds. The lowest BCUT2D eigenvalue weighted by Crippen LogP contribution is -2.55. The van der Waals surface area contributed by atoms with E-state index in [1.54, 1.807) is 18.1 Å². The number of carbonyl (C=O) groups is 1. The molecule has 0 radical (unpaired) electrons. The standard InChI is InChI=1S/C23H35NO6/c1-22(2,3)20-14-18(26)15-23(30-20)5-7-24(8-6-23)21(27)16-11-17(25)13-19(12-16)29-10-9-28-4/h11-13,18,20,25-26H,5-10,14-15H2,1-4H3/t18-,20-/m1/s1. The molecule has 0 aromatic heterocycles. The Labute approximate surface area is 178 Å². The fourth-order valence-corrected chi connectivity index (χ4v) is 4.34. The summed E-state index contributed by atoms with van der Waals surface area (Å²) < 4.78 is 17.0. The average Bonchev–Trinajstić information content (AvgIpc) is 2.66. The summed E-state index contributed by atoms with van der Waals surface area (Å²) in [5.41, 5.74) is -0.0163. The zero-order valence-electron chi connectivity index (χ0n) is 18.5. The summed E-state index contributed by atoms with van der Waals surface area (Å²) in [5.74, 6) is 0.296. The number of phenolic OH excluding ortho intramolecular Hbond substituents is 1. The van der Waals surface area contributed by atoms with E-state index in [1.165, 1.54) is 12.1 Å². The van der Waals surface area contributed by atoms with Crippen LogP contribution in [0, 0.1) is 5.41 Å². The number of nitrogens with zero attached hydrogens (tertiary/aromatic N) is 1. The molecule has 2 heterocycles. The first kappa shape index (κ1) is 22.8. The third-order valence-corrected chi connectivity index (χ3v) is 6.11. The second kappa shape index (κ2) is 9.12. The highest BCUT2D eigenvalue weighted by Crippen LogP contribution is 2.42. The van der Waals surface area contributed by atoms with Crippen LogP contribution in [-0.4, -0.2) is 72.2 Å². The molecule has 2 N–H and O–H groups in total. The normalized spacial score (nSPS) is 24.1. The number of aliphatic hydroxyl groups excluding tert-OH is 1. The molecule has 0 bridgehead atoms. The lowest BCUT2D eigenvalue weighted by atomic mass is 9.76. The number of hydrogen-bond acceptors (Lipinski definition) is 6. The Morgan fingerprint density at radius 3 is 2.57 bits per heavy atom. The largest absolute Gasteiger partial charge is 0.508 e. The van der Waals surface area contributed by atoms with Gasteiger partial charge < -0.3 is 29.3 Å². The molecule has 1 spiro atoms. The van der Waals surface area contributed by atoms with Crippen molar-refractivity contribution in [2.75, 3.05) is 33.4 Å². The summed E-state index contributed by atoms with van der Waals surface area (Å²) in [4.78, 5) is 14.8. The van der Waals surface area contributed by atoms with E-state index in [4.69, 9.17) is 14.2 Å². The first-order valence-corrected chi connectivity index (χ1v) is 10.7. The number of amides is 1. The Kier molecular flexibility index (Phi) is 6.95. The number of ether oxygens (including phenoxy) is 3. The van der Waals surface area contributed by atoms with Gasteiger partial charge in [0.2, 0.25) is 0 Å². The molecule has 2 atom stereocenters. The fourth-order valence-electron chi connectivity index (χ4n) is 4.34. The number of methoxy groups -OCH3 is 1. The minimum Gasteiger partial charge on any atom is -0.508 e. The van der Waals surface area contributed by atoms with Crippen LogP contribution < -0.4 is 4.74 Å². The molecule has 168 valence electrons. The summed E-state index contributed by atoms with van der Waals surface area (Å²) in [7, 11) is 1.59. The molecule has 1 aromatic rings. The van der Waals surface area contributed by atoms with E-state index in [-0.39, 0.29) is 34.9 Å². The van der Waals surface area contributed by atoms with Gasteiger partial charge in [0.25, 0.3) is 5.91 Å². The number of rotatable bonds is 5. The number of likely N-dealkylation sites (tertiary alicyclic amines) is 1. The Balaban J connectivity index is 1.65. The Hall–Kier alpha value is -1.83. The molecule has 1 aromatic carbocycles. The summed E-state index contributed by atoms with van der Waals surface area (Å²) in [6, 6.07) is 4.60. The van der Waals surface area contributed by atoms with Gasteiger partial charge in [-0.15, -0.1) is 0 Å². The third kappa shape index (κ3) is 5.45. The molecule has 0 saturated carbocycles. The van der Waals surface area contributed by atoms with Gasteiger partial charge in [0.05, 0.1) is 24.4 Å². The molecule has 30 heavy (non-hydrogen) atoms. The number of aromatic hydroxyl groups is 1.